The number of aliphatic hydroxyl groups is 1. The number of hydrogen-bond acceptors (Lipinski definition) is 4. The minimum Gasteiger partial charge on any atom is -0.395 e. The standard InChI is InChI=1S/C17H21N3O2/c1-20(12-13-21)16-5-3-15(4-6-16)19-17(22)7-2-14-8-10-18-11-9-14/h3-6,8-11,21H,2,7,12-13H2,1H3,(H,19,22). The highest BCUT2D eigenvalue weighted by Gasteiger charge is 2.04. The van der Waals surface area contributed by atoms with Crippen LogP contribution in [0.3, 0.4) is 0 Å². The second-order valence-corrected chi connectivity index (χ2v) is 5.10. The fourth-order valence-electron chi connectivity index (χ4n) is 2.11. The Bertz CT molecular complexity index is 585. The van der Waals surface area contributed by atoms with Crippen LogP contribution in [0, 0.1) is 0 Å². The molecule has 5 heteroatoms. The van der Waals surface area contributed by atoms with E-state index >= 15 is 0 Å². The lowest BCUT2D eigenvalue weighted by Gasteiger charge is -2.18. The van der Waals surface area contributed by atoms with Crippen LogP contribution in [-0.2, 0) is 11.2 Å². The first-order valence-electron chi connectivity index (χ1n) is 7.30. The van der Waals surface area contributed by atoms with Crippen molar-refractivity contribution in [3.8, 4) is 0 Å². The maximum atomic E-state index is 11.9. The number of aliphatic hydroxyl groups excluding tert-OH is 1. The van der Waals surface area contributed by atoms with Gasteiger partial charge in [0.25, 0.3) is 0 Å². The SMILES string of the molecule is CN(CCO)c1ccc(NC(=O)CCc2ccncc2)cc1. The number of nitrogens with zero attached hydrogens (tertiary/aromatic N) is 2. The summed E-state index contributed by atoms with van der Waals surface area (Å²) in [5.41, 5.74) is 2.89. The second-order valence-electron chi connectivity index (χ2n) is 5.10. The molecule has 22 heavy (non-hydrogen) atoms. The van der Waals surface area contributed by atoms with Gasteiger partial charge in [0, 0.05) is 43.8 Å². The largest absolute Gasteiger partial charge is 0.395 e. The van der Waals surface area contributed by atoms with Crippen molar-refractivity contribution in [3.63, 3.8) is 0 Å². The van der Waals surface area contributed by atoms with E-state index in [1.54, 1.807) is 12.4 Å². The molecule has 2 rings (SSSR count). The topological polar surface area (TPSA) is 65.5 Å². The highest BCUT2D eigenvalue weighted by molar-refractivity contribution is 5.91. The van der Waals surface area contributed by atoms with Crippen molar-refractivity contribution in [2.24, 2.45) is 0 Å². The number of nitrogens with one attached hydrogen (secondary N) is 1. The molecule has 0 atom stereocenters. The van der Waals surface area contributed by atoms with Crippen molar-refractivity contribution in [2.45, 2.75) is 12.8 Å². The number of aromatic nitrogens is 1. The van der Waals surface area contributed by atoms with E-state index in [4.69, 9.17) is 5.11 Å². The zero-order valence-corrected chi connectivity index (χ0v) is 12.7. The van der Waals surface area contributed by atoms with Gasteiger partial charge in [-0.05, 0) is 48.4 Å². The van der Waals surface area contributed by atoms with Crippen molar-refractivity contribution < 1.29 is 9.90 Å². The van der Waals surface area contributed by atoms with Crippen LogP contribution in [0.4, 0.5) is 11.4 Å². The molecule has 0 spiro atoms. The Hall–Kier alpha value is -2.40. The molecule has 0 aliphatic heterocycles. The van der Waals surface area contributed by atoms with Gasteiger partial charge in [0.15, 0.2) is 0 Å². The maximum Gasteiger partial charge on any atom is 0.224 e. The Morgan fingerprint density at radius 2 is 1.86 bits per heavy atom. The molecule has 0 saturated carbocycles. The van der Waals surface area contributed by atoms with Gasteiger partial charge in [0.1, 0.15) is 0 Å². The van der Waals surface area contributed by atoms with Crippen molar-refractivity contribution in [1.29, 1.82) is 0 Å². The first kappa shape index (κ1) is 16.0. The number of carbonyl (C=O) groups excluding carboxylic acids is 1. The van der Waals surface area contributed by atoms with Crippen molar-refractivity contribution >= 4 is 17.3 Å². The molecule has 0 unspecified atom stereocenters. The zero-order chi connectivity index (χ0) is 15.8. The first-order chi connectivity index (χ1) is 10.7. The lowest BCUT2D eigenvalue weighted by atomic mass is 10.1. The van der Waals surface area contributed by atoms with Gasteiger partial charge in [-0.3, -0.25) is 9.78 Å². The monoisotopic (exact) mass is 299 g/mol. The number of hydrogen-bond donors (Lipinski definition) is 2. The summed E-state index contributed by atoms with van der Waals surface area (Å²) < 4.78 is 0. The Morgan fingerprint density at radius 3 is 2.50 bits per heavy atom. The molecule has 116 valence electrons. The van der Waals surface area contributed by atoms with Crippen molar-refractivity contribution in [2.75, 3.05) is 30.4 Å². The highest BCUT2D eigenvalue weighted by Crippen LogP contribution is 2.17. The third kappa shape index (κ3) is 4.86. The Balaban J connectivity index is 1.84. The van der Waals surface area contributed by atoms with E-state index in [9.17, 15) is 4.79 Å². The molecular formula is C17H21N3O2. The number of rotatable bonds is 7. The van der Waals surface area contributed by atoms with Gasteiger partial charge in [-0.1, -0.05) is 0 Å². The lowest BCUT2D eigenvalue weighted by Crippen LogP contribution is -2.21. The third-order valence-electron chi connectivity index (χ3n) is 3.42. The quantitative estimate of drug-likeness (QED) is 0.821. The van der Waals surface area contributed by atoms with E-state index in [0.29, 0.717) is 19.4 Å². The van der Waals surface area contributed by atoms with E-state index < -0.39 is 0 Å². The summed E-state index contributed by atoms with van der Waals surface area (Å²) in [6.45, 7) is 0.696. The Labute approximate surface area is 130 Å². The van der Waals surface area contributed by atoms with E-state index in [-0.39, 0.29) is 12.5 Å². The van der Waals surface area contributed by atoms with Crippen LogP contribution < -0.4 is 10.2 Å². The molecule has 0 aliphatic rings. The average molecular weight is 299 g/mol. The molecule has 2 aromatic rings. The van der Waals surface area contributed by atoms with Gasteiger partial charge < -0.3 is 15.3 Å². The molecule has 1 aromatic carbocycles. The van der Waals surface area contributed by atoms with Crippen molar-refractivity contribution in [1.82, 2.24) is 4.98 Å². The van der Waals surface area contributed by atoms with Gasteiger partial charge in [0.05, 0.1) is 6.61 Å². The summed E-state index contributed by atoms with van der Waals surface area (Å²) in [5, 5.41) is 11.8. The number of benzene rings is 1. The molecular weight excluding hydrogens is 278 g/mol. The van der Waals surface area contributed by atoms with Crippen LogP contribution >= 0.6 is 0 Å². The van der Waals surface area contributed by atoms with Crippen LogP contribution in [-0.4, -0.2) is 36.2 Å². The average Bonchev–Trinajstić information content (AvgIpc) is 2.55. The van der Waals surface area contributed by atoms with Gasteiger partial charge in [-0.25, -0.2) is 0 Å². The Morgan fingerprint density at radius 1 is 1.18 bits per heavy atom. The van der Waals surface area contributed by atoms with Crippen molar-refractivity contribution in [3.05, 3.63) is 54.4 Å². The van der Waals surface area contributed by atoms with Crippen LogP contribution in [0.25, 0.3) is 0 Å². The van der Waals surface area contributed by atoms with E-state index in [2.05, 4.69) is 10.3 Å². The minimum absolute atomic E-state index is 0.00623. The van der Waals surface area contributed by atoms with Crippen LogP contribution in [0.1, 0.15) is 12.0 Å². The molecule has 0 radical (unpaired) electrons. The van der Waals surface area contributed by atoms with E-state index in [0.717, 1.165) is 16.9 Å². The number of carbonyl (C=O) groups is 1. The Kier molecular flexibility index (Phi) is 5.91. The summed E-state index contributed by atoms with van der Waals surface area (Å²) in [6.07, 6.45) is 4.60. The molecule has 0 bridgehead atoms. The fourth-order valence-corrected chi connectivity index (χ4v) is 2.11. The third-order valence-corrected chi connectivity index (χ3v) is 3.42. The molecule has 1 aromatic heterocycles. The highest BCUT2D eigenvalue weighted by atomic mass is 16.3. The van der Waals surface area contributed by atoms with E-state index in [1.807, 2.05) is 48.3 Å². The van der Waals surface area contributed by atoms with Gasteiger partial charge in [0.2, 0.25) is 5.91 Å². The smallest absolute Gasteiger partial charge is 0.224 e. The minimum atomic E-state index is -0.00623. The summed E-state index contributed by atoms with van der Waals surface area (Å²) in [6, 6.07) is 11.4. The fraction of sp³-hybridized carbons (Fsp3) is 0.294. The lowest BCUT2D eigenvalue weighted by molar-refractivity contribution is -0.116. The molecule has 1 heterocycles. The predicted octanol–water partition coefficient (Wildman–Crippen LogP) is 2.08. The second kappa shape index (κ2) is 8.14. The summed E-state index contributed by atoms with van der Waals surface area (Å²) in [5.74, 6) is -0.00623. The molecule has 2 N–H and O–H groups in total. The van der Waals surface area contributed by atoms with Gasteiger partial charge in [-0.2, -0.15) is 0 Å². The zero-order valence-electron chi connectivity index (χ0n) is 12.7. The molecule has 0 saturated heterocycles. The number of pyridine rings is 1. The summed E-state index contributed by atoms with van der Waals surface area (Å²) >= 11 is 0. The molecule has 0 fully saturated rings. The summed E-state index contributed by atoms with van der Waals surface area (Å²) in [7, 11) is 1.92. The first-order valence-corrected chi connectivity index (χ1v) is 7.30. The normalized spacial score (nSPS) is 10.3. The molecule has 0 aliphatic carbocycles. The number of anilines is 2. The van der Waals surface area contributed by atoms with Crippen LogP contribution in [0.15, 0.2) is 48.8 Å². The molecule has 5 nitrogen and oxygen atoms in total. The van der Waals surface area contributed by atoms with Gasteiger partial charge in [-0.15, -0.1) is 0 Å². The molecule has 1 amide bonds. The maximum absolute atomic E-state index is 11.9. The predicted molar refractivity (Wildman–Crippen MR) is 88.0 cm³/mol. The number of aryl methyl sites for hydroxylation is 1. The van der Waals surface area contributed by atoms with E-state index in [1.165, 1.54) is 0 Å². The van der Waals surface area contributed by atoms with Gasteiger partial charge >= 0.3 is 0 Å². The van der Waals surface area contributed by atoms with Crippen LogP contribution in [0.5, 0.6) is 0 Å². The summed E-state index contributed by atoms with van der Waals surface area (Å²) in [4.78, 5) is 17.8. The van der Waals surface area contributed by atoms with Crippen LogP contribution in [0.2, 0.25) is 0 Å². The number of amides is 1. The number of likely N-dealkylation sites (N-methyl/N-ethyl adjacent to an activating group) is 1.